The molecule has 2 aliphatic heterocycles. The Balaban J connectivity index is 1.62. The summed E-state index contributed by atoms with van der Waals surface area (Å²) in [5.41, 5.74) is 1.47. The Morgan fingerprint density at radius 2 is 1.61 bits per heavy atom. The number of fused-ring (bicyclic) bond motifs is 7. The number of benzene rings is 2. The first-order valence-corrected chi connectivity index (χ1v) is 9.99. The molecule has 3 heterocycles. The standard InChI is InChI=1S/C22H20F3N5O3/c23-22(24,25)14-33-21-29-19-26-13-15-6-8-17(9-7-15)31-10-1-2-11-32-18-5-3-4-16(12-18)27-20(28-19)30-21/h1-9,12H,10-11,13-14H2,(H2,26,27,28,29,30)/b2-1+. The smallest absolute Gasteiger partial charge is 0.422 e. The Kier molecular flexibility index (Phi) is 6.77. The van der Waals surface area contributed by atoms with Gasteiger partial charge in [-0.25, -0.2) is 0 Å². The number of halogens is 3. The third-order valence-corrected chi connectivity index (χ3v) is 4.30. The van der Waals surface area contributed by atoms with Gasteiger partial charge in [0.1, 0.15) is 24.7 Å². The Hall–Kier alpha value is -4.02. The number of ether oxygens (including phenoxy) is 3. The van der Waals surface area contributed by atoms with Gasteiger partial charge in [-0.05, 0) is 42.0 Å². The average molecular weight is 459 g/mol. The molecule has 0 saturated carbocycles. The molecule has 0 radical (unpaired) electrons. The van der Waals surface area contributed by atoms with Gasteiger partial charge in [-0.2, -0.15) is 28.1 Å². The lowest BCUT2D eigenvalue weighted by atomic mass is 10.2. The zero-order valence-corrected chi connectivity index (χ0v) is 17.3. The Bertz CT molecular complexity index is 1110. The molecule has 0 unspecified atom stereocenters. The predicted octanol–water partition coefficient (Wildman–Crippen LogP) is 4.50. The van der Waals surface area contributed by atoms with E-state index in [-0.39, 0.29) is 11.9 Å². The molecule has 6 bridgehead atoms. The van der Waals surface area contributed by atoms with E-state index in [1.165, 1.54) is 0 Å². The third-order valence-electron chi connectivity index (χ3n) is 4.30. The highest BCUT2D eigenvalue weighted by atomic mass is 19.4. The maximum absolute atomic E-state index is 12.6. The van der Waals surface area contributed by atoms with E-state index in [0.717, 1.165) is 5.56 Å². The van der Waals surface area contributed by atoms with Crippen LogP contribution in [-0.2, 0) is 6.54 Å². The van der Waals surface area contributed by atoms with Crippen LogP contribution >= 0.6 is 0 Å². The van der Waals surface area contributed by atoms with Crippen LogP contribution in [0.3, 0.4) is 0 Å². The molecule has 3 aromatic rings. The molecule has 11 heteroatoms. The number of alkyl halides is 3. The number of hydrogen-bond donors (Lipinski definition) is 2. The summed E-state index contributed by atoms with van der Waals surface area (Å²) >= 11 is 0. The summed E-state index contributed by atoms with van der Waals surface area (Å²) in [6.45, 7) is -0.463. The summed E-state index contributed by atoms with van der Waals surface area (Å²) in [4.78, 5) is 12.1. The molecule has 2 N–H and O–H groups in total. The van der Waals surface area contributed by atoms with E-state index in [1.54, 1.807) is 24.3 Å². The highest BCUT2D eigenvalue weighted by molar-refractivity contribution is 5.56. The van der Waals surface area contributed by atoms with Crippen LogP contribution in [0.15, 0.2) is 60.7 Å². The minimum atomic E-state index is -4.53. The fourth-order valence-corrected chi connectivity index (χ4v) is 2.80. The number of rotatable bonds is 2. The van der Waals surface area contributed by atoms with Gasteiger partial charge in [-0.1, -0.05) is 18.2 Å². The second kappa shape index (κ2) is 10.1. The van der Waals surface area contributed by atoms with Crippen LogP contribution in [0.25, 0.3) is 0 Å². The van der Waals surface area contributed by atoms with Crippen LogP contribution < -0.4 is 24.8 Å². The second-order valence-corrected chi connectivity index (χ2v) is 6.91. The minimum Gasteiger partial charge on any atom is -0.490 e. The first-order valence-electron chi connectivity index (χ1n) is 9.99. The van der Waals surface area contributed by atoms with Gasteiger partial charge in [0.15, 0.2) is 6.61 Å². The largest absolute Gasteiger partial charge is 0.490 e. The number of anilines is 3. The molecule has 8 nitrogen and oxygen atoms in total. The molecule has 1 aromatic heterocycles. The highest BCUT2D eigenvalue weighted by Gasteiger charge is 2.29. The van der Waals surface area contributed by atoms with Crippen molar-refractivity contribution in [3.63, 3.8) is 0 Å². The summed E-state index contributed by atoms with van der Waals surface area (Å²) in [6, 6.07) is 13.9. The van der Waals surface area contributed by atoms with Gasteiger partial charge in [0.2, 0.25) is 11.9 Å². The van der Waals surface area contributed by atoms with Crippen molar-refractivity contribution < 1.29 is 27.4 Å². The normalized spacial score (nSPS) is 14.9. The Labute approximate surface area is 187 Å². The van der Waals surface area contributed by atoms with E-state index in [1.807, 2.05) is 36.4 Å². The van der Waals surface area contributed by atoms with Crippen LogP contribution in [-0.4, -0.2) is 40.9 Å². The summed E-state index contributed by atoms with van der Waals surface area (Å²) < 4.78 is 53.9. The second-order valence-electron chi connectivity index (χ2n) is 6.91. The zero-order chi connectivity index (χ0) is 23.1. The maximum Gasteiger partial charge on any atom is 0.422 e. The van der Waals surface area contributed by atoms with Crippen molar-refractivity contribution >= 4 is 17.6 Å². The topological polar surface area (TPSA) is 90.4 Å². The zero-order valence-electron chi connectivity index (χ0n) is 17.3. The number of nitrogens with one attached hydrogen (secondary N) is 2. The van der Waals surface area contributed by atoms with E-state index >= 15 is 0 Å². The van der Waals surface area contributed by atoms with Crippen molar-refractivity contribution in [1.29, 1.82) is 0 Å². The predicted molar refractivity (Wildman–Crippen MR) is 115 cm³/mol. The van der Waals surface area contributed by atoms with E-state index < -0.39 is 18.8 Å². The number of aromatic nitrogens is 3. The van der Waals surface area contributed by atoms with Crippen LogP contribution in [0.4, 0.5) is 30.8 Å². The molecule has 0 spiro atoms. The van der Waals surface area contributed by atoms with E-state index in [4.69, 9.17) is 14.2 Å². The van der Waals surface area contributed by atoms with Crippen LogP contribution in [0.1, 0.15) is 5.56 Å². The molecule has 0 aliphatic carbocycles. The van der Waals surface area contributed by atoms with Crippen LogP contribution in [0.5, 0.6) is 17.5 Å². The van der Waals surface area contributed by atoms with Gasteiger partial charge in [0.05, 0.1) is 0 Å². The van der Waals surface area contributed by atoms with E-state index in [0.29, 0.717) is 36.9 Å². The molecular weight excluding hydrogens is 439 g/mol. The Morgan fingerprint density at radius 3 is 2.36 bits per heavy atom. The van der Waals surface area contributed by atoms with Crippen molar-refractivity contribution in [1.82, 2.24) is 15.0 Å². The summed E-state index contributed by atoms with van der Waals surface area (Å²) in [5, 5.41) is 5.93. The van der Waals surface area contributed by atoms with Crippen molar-refractivity contribution in [2.45, 2.75) is 12.7 Å². The highest BCUT2D eigenvalue weighted by Crippen LogP contribution is 2.23. The fraction of sp³-hybridized carbons (Fsp3) is 0.227. The quantitative estimate of drug-likeness (QED) is 0.542. The molecule has 0 amide bonds. The molecule has 33 heavy (non-hydrogen) atoms. The lowest BCUT2D eigenvalue weighted by molar-refractivity contribution is -0.154. The SMILES string of the molecule is FC(F)(F)COc1nc2nc(n1)Nc1cccc(c1)OC/C=C/COc1ccc(cc1)CN2. The van der Waals surface area contributed by atoms with Gasteiger partial charge in [-0.3, -0.25) is 0 Å². The molecule has 5 rings (SSSR count). The fourth-order valence-electron chi connectivity index (χ4n) is 2.80. The lowest BCUT2D eigenvalue weighted by Crippen LogP contribution is -2.21. The first-order chi connectivity index (χ1) is 15.9. The maximum atomic E-state index is 12.6. The molecule has 0 atom stereocenters. The molecule has 2 aromatic carbocycles. The number of nitrogens with zero attached hydrogens (tertiary/aromatic N) is 3. The molecule has 0 saturated heterocycles. The van der Waals surface area contributed by atoms with Crippen molar-refractivity contribution in [2.75, 3.05) is 30.5 Å². The minimum absolute atomic E-state index is 0.0170. The van der Waals surface area contributed by atoms with Gasteiger partial charge >= 0.3 is 12.2 Å². The van der Waals surface area contributed by atoms with Gasteiger partial charge < -0.3 is 24.8 Å². The monoisotopic (exact) mass is 459 g/mol. The molecule has 2 aliphatic rings. The van der Waals surface area contributed by atoms with Crippen LogP contribution in [0, 0.1) is 0 Å². The first kappa shape index (κ1) is 22.2. The third kappa shape index (κ3) is 6.99. The van der Waals surface area contributed by atoms with E-state index in [9.17, 15) is 13.2 Å². The van der Waals surface area contributed by atoms with Gasteiger partial charge in [0.25, 0.3) is 0 Å². The summed E-state index contributed by atoms with van der Waals surface area (Å²) in [7, 11) is 0. The average Bonchev–Trinajstić information content (AvgIpc) is 2.79. The number of hydrogen-bond acceptors (Lipinski definition) is 8. The van der Waals surface area contributed by atoms with E-state index in [2.05, 4.69) is 25.6 Å². The van der Waals surface area contributed by atoms with Crippen molar-refractivity contribution in [3.05, 3.63) is 66.2 Å². The molecule has 0 fully saturated rings. The summed E-state index contributed by atoms with van der Waals surface area (Å²) in [5.74, 6) is 1.35. The van der Waals surface area contributed by atoms with Crippen LogP contribution in [0.2, 0.25) is 0 Å². The summed E-state index contributed by atoms with van der Waals surface area (Å²) in [6.07, 6.45) is -0.824. The molecule has 172 valence electrons. The lowest BCUT2D eigenvalue weighted by Gasteiger charge is -2.12. The van der Waals surface area contributed by atoms with Crippen molar-refractivity contribution in [3.8, 4) is 17.5 Å². The van der Waals surface area contributed by atoms with Gasteiger partial charge in [-0.15, -0.1) is 0 Å². The molecular formula is C22H20F3N5O3. The Morgan fingerprint density at radius 1 is 0.879 bits per heavy atom. The van der Waals surface area contributed by atoms with Crippen molar-refractivity contribution in [2.24, 2.45) is 0 Å². The van der Waals surface area contributed by atoms with Gasteiger partial charge in [0, 0.05) is 18.3 Å².